The van der Waals surface area contributed by atoms with E-state index in [1.54, 1.807) is 7.11 Å². The number of nitrogens with zero attached hydrogens (tertiary/aromatic N) is 1. The van der Waals surface area contributed by atoms with Crippen LogP contribution in [0.2, 0.25) is 0 Å². The van der Waals surface area contributed by atoms with E-state index in [-0.39, 0.29) is 23.2 Å². The minimum Gasteiger partial charge on any atom is -0.507 e. The molecule has 3 rings (SSSR count). The van der Waals surface area contributed by atoms with Gasteiger partial charge in [0.1, 0.15) is 11.5 Å². The number of aryl methyl sites for hydroxylation is 1. The van der Waals surface area contributed by atoms with E-state index < -0.39 is 6.43 Å². The van der Waals surface area contributed by atoms with Gasteiger partial charge in [-0.3, -0.25) is 9.78 Å². The van der Waals surface area contributed by atoms with E-state index in [9.17, 15) is 18.7 Å². The number of allylic oxidation sites excluding steroid dienone is 1. The lowest BCUT2D eigenvalue weighted by Gasteiger charge is -2.22. The number of pyridine rings is 1. The molecule has 1 N–H and O–H groups in total. The molecule has 25 heavy (non-hydrogen) atoms. The smallest absolute Gasteiger partial charge is 0.280 e. The number of hydrogen-bond donors (Lipinski definition) is 1. The Kier molecular flexibility index (Phi) is 5.47. The fraction of sp³-hybridized carbons (Fsp3) is 0.579. The molecule has 6 heteroatoms. The van der Waals surface area contributed by atoms with Gasteiger partial charge in [0.15, 0.2) is 5.78 Å². The van der Waals surface area contributed by atoms with Crippen LogP contribution in [-0.2, 0) is 16.0 Å². The van der Waals surface area contributed by atoms with E-state index in [1.165, 1.54) is 12.1 Å². The largest absolute Gasteiger partial charge is 0.507 e. The number of hydrogen-bond acceptors (Lipinski definition) is 4. The molecule has 2 aliphatic rings. The Balaban J connectivity index is 1.96. The van der Waals surface area contributed by atoms with Crippen molar-refractivity contribution < 1.29 is 23.4 Å². The Morgan fingerprint density at radius 1 is 1.40 bits per heavy atom. The van der Waals surface area contributed by atoms with Crippen LogP contribution in [0.1, 0.15) is 55.5 Å². The molecule has 136 valence electrons. The first-order valence-electron chi connectivity index (χ1n) is 8.74. The summed E-state index contributed by atoms with van der Waals surface area (Å²) in [4.78, 5) is 16.6. The molecule has 2 atom stereocenters. The monoisotopic (exact) mass is 351 g/mol. The zero-order valence-corrected chi connectivity index (χ0v) is 14.3. The van der Waals surface area contributed by atoms with Gasteiger partial charge < -0.3 is 9.84 Å². The summed E-state index contributed by atoms with van der Waals surface area (Å²) in [7, 11) is 1.57. The second-order valence-corrected chi connectivity index (χ2v) is 6.90. The molecular formula is C19H23F2NO3. The number of aliphatic hydroxyl groups excluding tert-OH is 1. The summed E-state index contributed by atoms with van der Waals surface area (Å²) in [6, 6.07) is 2.68. The van der Waals surface area contributed by atoms with Crippen LogP contribution >= 0.6 is 0 Å². The van der Waals surface area contributed by atoms with Crippen LogP contribution in [0.25, 0.3) is 5.76 Å². The molecule has 0 amide bonds. The number of ketones is 1. The van der Waals surface area contributed by atoms with E-state index in [0.717, 1.165) is 19.3 Å². The summed E-state index contributed by atoms with van der Waals surface area (Å²) in [6.45, 7) is 0.473. The second kappa shape index (κ2) is 7.60. The van der Waals surface area contributed by atoms with Crippen molar-refractivity contribution in [2.45, 2.75) is 45.0 Å². The number of fused-ring (bicyclic) bond motifs is 2. The van der Waals surface area contributed by atoms with Crippen molar-refractivity contribution in [3.8, 4) is 0 Å². The summed E-state index contributed by atoms with van der Waals surface area (Å²) in [5.41, 5.74) is 0.915. The summed E-state index contributed by atoms with van der Waals surface area (Å²) >= 11 is 0. The predicted octanol–water partition coefficient (Wildman–Crippen LogP) is 4.26. The lowest BCUT2D eigenvalue weighted by molar-refractivity contribution is -0.120. The summed E-state index contributed by atoms with van der Waals surface area (Å²) in [5.74, 6) is 0.362. The van der Waals surface area contributed by atoms with Crippen molar-refractivity contribution in [2.75, 3.05) is 13.7 Å². The third-order valence-corrected chi connectivity index (χ3v) is 5.22. The van der Waals surface area contributed by atoms with Crippen molar-refractivity contribution in [3.63, 3.8) is 0 Å². The number of ether oxygens (including phenoxy) is 1. The number of Topliss-reactive ketones (excluding diaryl/α,β-unsaturated/α-hetero) is 1. The third kappa shape index (κ3) is 3.73. The highest BCUT2D eigenvalue weighted by Gasteiger charge is 2.39. The van der Waals surface area contributed by atoms with Crippen molar-refractivity contribution in [1.82, 2.24) is 4.98 Å². The van der Waals surface area contributed by atoms with Gasteiger partial charge in [-0.05, 0) is 56.6 Å². The van der Waals surface area contributed by atoms with Crippen molar-refractivity contribution in [2.24, 2.45) is 11.8 Å². The number of halogens is 2. The Hall–Kier alpha value is -1.82. The molecule has 1 heterocycles. The number of methoxy groups -OCH3 is 1. The molecule has 0 saturated heterocycles. The van der Waals surface area contributed by atoms with Gasteiger partial charge in [0.05, 0.1) is 5.69 Å². The SMILES string of the molecule is COCCCc1nc(C(F)F)ccc1C(O)=C1CC2CCC(C2)C1=O. The van der Waals surface area contributed by atoms with Crippen LogP contribution < -0.4 is 0 Å². The Labute approximate surface area is 145 Å². The summed E-state index contributed by atoms with van der Waals surface area (Å²) < 4.78 is 31.0. The molecule has 2 unspecified atom stereocenters. The highest BCUT2D eigenvalue weighted by molar-refractivity contribution is 6.03. The summed E-state index contributed by atoms with van der Waals surface area (Å²) in [6.07, 6.45) is 1.69. The molecule has 0 aliphatic heterocycles. The fourth-order valence-electron chi connectivity index (χ4n) is 3.94. The van der Waals surface area contributed by atoms with Crippen molar-refractivity contribution in [3.05, 3.63) is 34.7 Å². The molecule has 2 aliphatic carbocycles. The summed E-state index contributed by atoms with van der Waals surface area (Å²) in [5, 5.41) is 10.7. The molecule has 1 aromatic rings. The Morgan fingerprint density at radius 2 is 2.20 bits per heavy atom. The molecule has 4 nitrogen and oxygen atoms in total. The molecule has 0 radical (unpaired) electrons. The van der Waals surface area contributed by atoms with E-state index in [2.05, 4.69) is 4.98 Å². The van der Waals surface area contributed by atoms with E-state index in [1.807, 2.05) is 0 Å². The first-order chi connectivity index (χ1) is 12.0. The maximum absolute atomic E-state index is 13.0. The van der Waals surface area contributed by atoms with Gasteiger partial charge in [-0.25, -0.2) is 8.78 Å². The zero-order chi connectivity index (χ0) is 18.0. The average molecular weight is 351 g/mol. The van der Waals surface area contributed by atoms with Crippen molar-refractivity contribution in [1.29, 1.82) is 0 Å². The van der Waals surface area contributed by atoms with Crippen LogP contribution in [0.4, 0.5) is 8.78 Å². The van der Waals surface area contributed by atoms with Gasteiger partial charge in [0.2, 0.25) is 0 Å². The quantitative estimate of drug-likeness (QED) is 0.473. The van der Waals surface area contributed by atoms with Gasteiger partial charge >= 0.3 is 0 Å². The standard InChI is InChI=1S/C19H23F2NO3/c1-25-8-2-3-15-13(6-7-16(22-15)19(20)21)18(24)14-10-11-4-5-12(9-11)17(14)23/h6-7,11-12,19,24H,2-5,8-10H2,1H3. The van der Waals surface area contributed by atoms with Crippen LogP contribution in [0.3, 0.4) is 0 Å². The van der Waals surface area contributed by atoms with Crippen LogP contribution in [-0.4, -0.2) is 29.6 Å². The molecular weight excluding hydrogens is 328 g/mol. The minimum absolute atomic E-state index is 0.00105. The third-order valence-electron chi connectivity index (χ3n) is 5.22. The predicted molar refractivity (Wildman–Crippen MR) is 89.4 cm³/mol. The minimum atomic E-state index is -2.67. The molecule has 1 aromatic heterocycles. The van der Waals surface area contributed by atoms with Gasteiger partial charge in [0.25, 0.3) is 6.43 Å². The maximum atomic E-state index is 13.0. The first-order valence-corrected chi connectivity index (χ1v) is 8.74. The van der Waals surface area contributed by atoms with Gasteiger partial charge in [-0.15, -0.1) is 0 Å². The fourth-order valence-corrected chi connectivity index (χ4v) is 3.94. The Bertz CT molecular complexity index is 687. The lowest BCUT2D eigenvalue weighted by atomic mass is 9.82. The molecule has 2 bridgehead atoms. The number of carbonyl (C=O) groups is 1. The molecule has 0 aromatic carbocycles. The zero-order valence-electron chi connectivity index (χ0n) is 14.3. The highest BCUT2D eigenvalue weighted by Crippen LogP contribution is 2.44. The van der Waals surface area contributed by atoms with Crippen LogP contribution in [0.5, 0.6) is 0 Å². The number of rotatable bonds is 6. The number of aliphatic hydroxyl groups is 1. The maximum Gasteiger partial charge on any atom is 0.280 e. The van der Waals surface area contributed by atoms with Crippen LogP contribution in [0.15, 0.2) is 17.7 Å². The van der Waals surface area contributed by atoms with E-state index >= 15 is 0 Å². The average Bonchev–Trinajstić information content (AvgIpc) is 3.01. The first kappa shape index (κ1) is 18.0. The van der Waals surface area contributed by atoms with Gasteiger partial charge in [0, 0.05) is 30.8 Å². The lowest BCUT2D eigenvalue weighted by Crippen LogP contribution is -2.21. The van der Waals surface area contributed by atoms with E-state index in [0.29, 0.717) is 48.6 Å². The van der Waals surface area contributed by atoms with Crippen molar-refractivity contribution >= 4 is 11.5 Å². The highest BCUT2D eigenvalue weighted by atomic mass is 19.3. The molecule has 0 spiro atoms. The van der Waals surface area contributed by atoms with Gasteiger partial charge in [-0.1, -0.05) is 0 Å². The number of alkyl halides is 2. The second-order valence-electron chi connectivity index (χ2n) is 6.90. The Morgan fingerprint density at radius 3 is 2.92 bits per heavy atom. The van der Waals surface area contributed by atoms with E-state index in [4.69, 9.17) is 4.74 Å². The molecule has 2 saturated carbocycles. The van der Waals surface area contributed by atoms with Gasteiger partial charge in [-0.2, -0.15) is 0 Å². The molecule has 2 fully saturated rings. The number of aromatic nitrogens is 1. The van der Waals surface area contributed by atoms with Crippen LogP contribution in [0, 0.1) is 11.8 Å². The number of carbonyl (C=O) groups excluding carboxylic acids is 1. The topological polar surface area (TPSA) is 59.4 Å². The normalized spacial score (nSPS) is 24.9.